The van der Waals surface area contributed by atoms with Crippen LogP contribution < -0.4 is 10.6 Å². The first-order valence-corrected chi connectivity index (χ1v) is 9.94. The molecule has 148 valence electrons. The minimum atomic E-state index is -0.846. The second-order valence-corrected chi connectivity index (χ2v) is 7.27. The molecule has 28 heavy (non-hydrogen) atoms. The van der Waals surface area contributed by atoms with E-state index in [1.807, 2.05) is 41.1 Å². The van der Waals surface area contributed by atoms with Gasteiger partial charge in [-0.05, 0) is 31.6 Å². The Morgan fingerprint density at radius 2 is 2.00 bits per heavy atom. The Bertz CT molecular complexity index is 962. The van der Waals surface area contributed by atoms with Gasteiger partial charge in [-0.15, -0.1) is 0 Å². The van der Waals surface area contributed by atoms with Crippen molar-refractivity contribution in [2.45, 2.75) is 19.5 Å². The van der Waals surface area contributed by atoms with Crippen molar-refractivity contribution in [1.29, 1.82) is 0 Å². The van der Waals surface area contributed by atoms with Crippen LogP contribution in [-0.2, 0) is 17.9 Å². The number of aromatic nitrogens is 2. The lowest BCUT2D eigenvalue weighted by atomic mass is 10.1. The number of benzene rings is 1. The van der Waals surface area contributed by atoms with Crippen LogP contribution in [-0.4, -0.2) is 64.8 Å². The summed E-state index contributed by atoms with van der Waals surface area (Å²) in [4.78, 5) is 18.5. The summed E-state index contributed by atoms with van der Waals surface area (Å²) in [5.41, 5.74) is 2.76. The van der Waals surface area contributed by atoms with Crippen molar-refractivity contribution < 1.29 is 9.90 Å². The Labute approximate surface area is 164 Å². The van der Waals surface area contributed by atoms with Crippen LogP contribution in [0, 0.1) is 0 Å². The molecular weight excluding hydrogens is 354 g/mol. The standard InChI is InChI=1S/C21H27N5O2/c27-20(28)15-26-19-5-2-1-4-16(19)17-6-8-24-18(21(17)26)14-23-7-3-11-25-12-9-22-10-13-25/h1-2,4-6,8,22-23H,3,7,9-15H2,(H,27,28). The summed E-state index contributed by atoms with van der Waals surface area (Å²) >= 11 is 0. The van der Waals surface area contributed by atoms with Crippen LogP contribution in [0.3, 0.4) is 0 Å². The van der Waals surface area contributed by atoms with Crippen molar-refractivity contribution >= 4 is 27.8 Å². The molecule has 0 unspecified atom stereocenters. The first kappa shape index (κ1) is 18.9. The summed E-state index contributed by atoms with van der Waals surface area (Å²) < 4.78 is 1.87. The smallest absolute Gasteiger partial charge is 0.323 e. The quantitative estimate of drug-likeness (QED) is 0.515. The predicted octanol–water partition coefficient (Wildman–Crippen LogP) is 1.66. The fourth-order valence-electron chi connectivity index (χ4n) is 4.07. The highest BCUT2D eigenvalue weighted by Gasteiger charge is 2.16. The molecule has 1 saturated heterocycles. The zero-order valence-corrected chi connectivity index (χ0v) is 16.0. The largest absolute Gasteiger partial charge is 0.480 e. The average Bonchev–Trinajstić information content (AvgIpc) is 3.03. The van der Waals surface area contributed by atoms with Crippen LogP contribution in [0.4, 0.5) is 0 Å². The molecule has 0 saturated carbocycles. The van der Waals surface area contributed by atoms with Gasteiger partial charge in [0.05, 0.1) is 11.2 Å². The summed E-state index contributed by atoms with van der Waals surface area (Å²) in [5.74, 6) is -0.846. The van der Waals surface area contributed by atoms with E-state index in [1.165, 1.54) is 0 Å². The molecule has 2 aromatic heterocycles. The molecule has 3 heterocycles. The molecule has 0 bridgehead atoms. The second-order valence-electron chi connectivity index (χ2n) is 7.27. The Morgan fingerprint density at radius 1 is 1.18 bits per heavy atom. The van der Waals surface area contributed by atoms with E-state index in [0.717, 1.165) is 73.2 Å². The molecule has 1 aromatic carbocycles. The summed E-state index contributed by atoms with van der Waals surface area (Å²) in [6.45, 7) is 6.99. The molecule has 1 aliphatic rings. The molecule has 0 amide bonds. The number of rotatable bonds is 8. The number of carboxylic acids is 1. The number of carboxylic acid groups (broad SMARTS) is 1. The third-order valence-electron chi connectivity index (χ3n) is 5.38. The number of pyridine rings is 1. The van der Waals surface area contributed by atoms with Gasteiger partial charge < -0.3 is 25.2 Å². The van der Waals surface area contributed by atoms with Crippen LogP contribution >= 0.6 is 0 Å². The van der Waals surface area contributed by atoms with Gasteiger partial charge in [0.2, 0.25) is 0 Å². The maximum absolute atomic E-state index is 11.4. The van der Waals surface area contributed by atoms with Gasteiger partial charge in [0.15, 0.2) is 0 Å². The molecule has 4 rings (SSSR count). The Kier molecular flexibility index (Phi) is 5.85. The van der Waals surface area contributed by atoms with Crippen molar-refractivity contribution in [3.8, 4) is 0 Å². The Balaban J connectivity index is 1.49. The zero-order chi connectivity index (χ0) is 19.3. The molecule has 0 spiro atoms. The Morgan fingerprint density at radius 3 is 2.82 bits per heavy atom. The number of hydrogen-bond acceptors (Lipinski definition) is 5. The first-order valence-electron chi connectivity index (χ1n) is 9.94. The monoisotopic (exact) mass is 381 g/mol. The highest BCUT2D eigenvalue weighted by atomic mass is 16.4. The molecule has 7 nitrogen and oxygen atoms in total. The Hall–Kier alpha value is -2.48. The lowest BCUT2D eigenvalue weighted by molar-refractivity contribution is -0.137. The third kappa shape index (κ3) is 4.01. The number of aliphatic carboxylic acids is 1. The summed E-state index contributed by atoms with van der Waals surface area (Å²) in [5, 5.41) is 18.4. The molecule has 0 atom stereocenters. The molecule has 0 aliphatic carbocycles. The van der Waals surface area contributed by atoms with E-state index in [0.29, 0.717) is 6.54 Å². The van der Waals surface area contributed by atoms with E-state index in [4.69, 9.17) is 0 Å². The molecule has 7 heteroatoms. The lowest BCUT2D eigenvalue weighted by Gasteiger charge is -2.27. The number of nitrogens with zero attached hydrogens (tertiary/aromatic N) is 3. The number of hydrogen-bond donors (Lipinski definition) is 3. The number of piperazine rings is 1. The maximum Gasteiger partial charge on any atom is 0.323 e. The average molecular weight is 381 g/mol. The summed E-state index contributed by atoms with van der Waals surface area (Å²) in [6, 6.07) is 9.93. The van der Waals surface area contributed by atoms with Crippen molar-refractivity contribution in [3.63, 3.8) is 0 Å². The predicted molar refractivity (Wildman–Crippen MR) is 111 cm³/mol. The molecular formula is C21H27N5O2. The van der Waals surface area contributed by atoms with E-state index >= 15 is 0 Å². The van der Waals surface area contributed by atoms with Gasteiger partial charge in [-0.3, -0.25) is 9.78 Å². The van der Waals surface area contributed by atoms with Crippen LogP contribution in [0.5, 0.6) is 0 Å². The van der Waals surface area contributed by atoms with Gasteiger partial charge in [0.25, 0.3) is 0 Å². The minimum Gasteiger partial charge on any atom is -0.480 e. The highest BCUT2D eigenvalue weighted by molar-refractivity contribution is 6.09. The van der Waals surface area contributed by atoms with E-state index in [9.17, 15) is 9.90 Å². The number of fused-ring (bicyclic) bond motifs is 3. The van der Waals surface area contributed by atoms with Gasteiger partial charge in [-0.25, -0.2) is 0 Å². The second kappa shape index (κ2) is 8.68. The molecule has 0 radical (unpaired) electrons. The maximum atomic E-state index is 11.4. The number of nitrogens with one attached hydrogen (secondary N) is 2. The van der Waals surface area contributed by atoms with Crippen molar-refractivity contribution in [2.24, 2.45) is 0 Å². The topological polar surface area (TPSA) is 82.4 Å². The normalized spacial score (nSPS) is 15.4. The highest BCUT2D eigenvalue weighted by Crippen LogP contribution is 2.30. The number of carbonyl (C=O) groups is 1. The van der Waals surface area contributed by atoms with Crippen molar-refractivity contribution in [3.05, 3.63) is 42.2 Å². The van der Waals surface area contributed by atoms with Crippen LogP contribution in [0.25, 0.3) is 21.8 Å². The SMILES string of the molecule is O=C(O)Cn1c2ccccc2c2ccnc(CNCCCN3CCNCC3)c21. The first-order chi connectivity index (χ1) is 13.7. The van der Waals surface area contributed by atoms with Crippen molar-refractivity contribution in [1.82, 2.24) is 25.1 Å². The minimum absolute atomic E-state index is 0.0638. The van der Waals surface area contributed by atoms with Crippen molar-refractivity contribution in [2.75, 3.05) is 39.3 Å². The van der Waals surface area contributed by atoms with Gasteiger partial charge in [-0.2, -0.15) is 0 Å². The molecule has 1 fully saturated rings. The van der Waals surface area contributed by atoms with Gasteiger partial charge in [0, 0.05) is 55.2 Å². The molecule has 3 N–H and O–H groups in total. The van der Waals surface area contributed by atoms with Crippen LogP contribution in [0.1, 0.15) is 12.1 Å². The zero-order valence-electron chi connectivity index (χ0n) is 16.0. The fourth-order valence-corrected chi connectivity index (χ4v) is 4.07. The summed E-state index contributed by atoms with van der Waals surface area (Å²) in [7, 11) is 0. The van der Waals surface area contributed by atoms with Crippen LogP contribution in [0.2, 0.25) is 0 Å². The molecule has 1 aliphatic heterocycles. The fraction of sp³-hybridized carbons (Fsp3) is 0.429. The third-order valence-corrected chi connectivity index (χ3v) is 5.38. The van der Waals surface area contributed by atoms with Gasteiger partial charge in [-0.1, -0.05) is 18.2 Å². The number of para-hydroxylation sites is 1. The van der Waals surface area contributed by atoms with E-state index in [-0.39, 0.29) is 6.54 Å². The molecule has 3 aromatic rings. The van der Waals surface area contributed by atoms with E-state index < -0.39 is 5.97 Å². The summed E-state index contributed by atoms with van der Waals surface area (Å²) in [6.07, 6.45) is 2.91. The van der Waals surface area contributed by atoms with Crippen LogP contribution in [0.15, 0.2) is 36.5 Å². The van der Waals surface area contributed by atoms with E-state index in [2.05, 4.69) is 20.5 Å². The van der Waals surface area contributed by atoms with Gasteiger partial charge >= 0.3 is 5.97 Å². The van der Waals surface area contributed by atoms with Gasteiger partial charge in [0.1, 0.15) is 6.54 Å². The van der Waals surface area contributed by atoms with E-state index in [1.54, 1.807) is 0 Å². The lowest BCUT2D eigenvalue weighted by Crippen LogP contribution is -2.44.